The summed E-state index contributed by atoms with van der Waals surface area (Å²) in [5, 5.41) is 19.7. The number of anilines is 1. The Balaban J connectivity index is 1.70. The molecule has 11 heteroatoms. The van der Waals surface area contributed by atoms with Crippen LogP contribution in [0.1, 0.15) is 25.3 Å². The molecular weight excluding hydrogens is 388 g/mol. The van der Waals surface area contributed by atoms with Crippen molar-refractivity contribution in [3.8, 4) is 6.07 Å². The zero-order valence-electron chi connectivity index (χ0n) is 16.3. The molecule has 1 aliphatic heterocycles. The molecular formula is C19H20N8O3. The van der Waals surface area contributed by atoms with Crippen molar-refractivity contribution in [1.29, 1.82) is 5.26 Å². The second-order valence-corrected chi connectivity index (χ2v) is 7.03. The van der Waals surface area contributed by atoms with Crippen molar-refractivity contribution < 1.29 is 14.4 Å². The lowest BCUT2D eigenvalue weighted by molar-refractivity contribution is -0.135. The van der Waals surface area contributed by atoms with Crippen molar-refractivity contribution in [2.75, 3.05) is 25.5 Å². The van der Waals surface area contributed by atoms with Crippen LogP contribution >= 0.6 is 0 Å². The molecule has 154 valence electrons. The highest BCUT2D eigenvalue weighted by Crippen LogP contribution is 2.34. The minimum Gasteiger partial charge on any atom is -0.351 e. The van der Waals surface area contributed by atoms with Gasteiger partial charge in [0.15, 0.2) is 5.82 Å². The van der Waals surface area contributed by atoms with Gasteiger partial charge in [-0.15, -0.1) is 0 Å². The molecule has 0 radical (unpaired) electrons. The summed E-state index contributed by atoms with van der Waals surface area (Å²) >= 11 is 0. The normalized spacial score (nSPS) is 14.6. The first kappa shape index (κ1) is 19.4. The Hall–Kier alpha value is -3.94. The number of pyridine rings is 1. The van der Waals surface area contributed by atoms with Gasteiger partial charge < -0.3 is 20.5 Å². The van der Waals surface area contributed by atoms with Gasteiger partial charge in [0, 0.05) is 37.9 Å². The summed E-state index contributed by atoms with van der Waals surface area (Å²) < 4.78 is 1.85. The van der Waals surface area contributed by atoms with Crippen LogP contribution in [0.25, 0.3) is 21.9 Å². The van der Waals surface area contributed by atoms with E-state index in [1.807, 2.05) is 16.8 Å². The largest absolute Gasteiger partial charge is 0.351 e. The summed E-state index contributed by atoms with van der Waals surface area (Å²) in [5.74, 6) is -1.48. The number of likely N-dealkylation sites (N-methyl/N-ethyl adjacent to an activating group) is 1. The van der Waals surface area contributed by atoms with E-state index in [0.29, 0.717) is 37.0 Å². The zero-order valence-corrected chi connectivity index (χ0v) is 16.3. The van der Waals surface area contributed by atoms with Crippen LogP contribution in [0.15, 0.2) is 18.5 Å². The number of rotatable bonds is 3. The maximum absolute atomic E-state index is 12.1. The standard InChI is InChI=1S/C19H20N8O3/c1-21-18(29)19(30)24-17-13-10-23-16-12(3-7-22-16)15(13)27(25-17)11-4-8-26(9-5-11)14(28)2-6-20/h3,7,10-11H,2,4-5,8-9H2,1H3,(H,21,29)(H,22,23)(H,24,25,30). The second-order valence-electron chi connectivity index (χ2n) is 7.03. The van der Waals surface area contributed by atoms with E-state index in [1.54, 1.807) is 17.3 Å². The average molecular weight is 408 g/mol. The maximum Gasteiger partial charge on any atom is 0.314 e. The minimum absolute atomic E-state index is 0.00945. The fraction of sp³-hybridized carbons (Fsp3) is 0.368. The van der Waals surface area contributed by atoms with E-state index in [-0.39, 0.29) is 24.2 Å². The van der Waals surface area contributed by atoms with Gasteiger partial charge >= 0.3 is 11.8 Å². The van der Waals surface area contributed by atoms with Crippen molar-refractivity contribution >= 4 is 45.5 Å². The third-order valence-electron chi connectivity index (χ3n) is 5.31. The van der Waals surface area contributed by atoms with Crippen LogP contribution in [-0.4, -0.2) is 62.5 Å². The number of likely N-dealkylation sites (tertiary alicyclic amines) is 1. The Morgan fingerprint density at radius 3 is 2.73 bits per heavy atom. The lowest BCUT2D eigenvalue weighted by atomic mass is 10.0. The van der Waals surface area contributed by atoms with Gasteiger partial charge in [0.1, 0.15) is 12.1 Å². The van der Waals surface area contributed by atoms with Crippen molar-refractivity contribution in [2.45, 2.75) is 25.3 Å². The number of nitriles is 1. The number of H-pyrrole nitrogens is 1. The highest BCUT2D eigenvalue weighted by atomic mass is 16.2. The zero-order chi connectivity index (χ0) is 21.3. The van der Waals surface area contributed by atoms with Gasteiger partial charge in [-0.25, -0.2) is 4.98 Å². The number of nitrogens with zero attached hydrogens (tertiary/aromatic N) is 5. The molecule has 0 unspecified atom stereocenters. The highest BCUT2D eigenvalue weighted by molar-refractivity contribution is 6.40. The van der Waals surface area contributed by atoms with Crippen molar-refractivity contribution in [3.05, 3.63) is 18.5 Å². The monoisotopic (exact) mass is 408 g/mol. The summed E-state index contributed by atoms with van der Waals surface area (Å²) in [6.07, 6.45) is 4.58. The van der Waals surface area contributed by atoms with Crippen LogP contribution in [0, 0.1) is 11.3 Å². The number of aromatic amines is 1. The predicted octanol–water partition coefficient (Wildman–Crippen LogP) is 0.674. The van der Waals surface area contributed by atoms with E-state index >= 15 is 0 Å². The van der Waals surface area contributed by atoms with Crippen molar-refractivity contribution in [1.82, 2.24) is 30.0 Å². The van der Waals surface area contributed by atoms with Gasteiger partial charge in [0.25, 0.3) is 0 Å². The molecule has 11 nitrogen and oxygen atoms in total. The molecule has 3 N–H and O–H groups in total. The number of carbonyl (C=O) groups is 3. The van der Waals surface area contributed by atoms with Crippen LogP contribution in [-0.2, 0) is 14.4 Å². The number of amides is 3. The number of aromatic nitrogens is 4. The first-order chi connectivity index (χ1) is 14.5. The fourth-order valence-corrected chi connectivity index (χ4v) is 3.80. The van der Waals surface area contributed by atoms with Gasteiger partial charge in [0.2, 0.25) is 5.91 Å². The lowest BCUT2D eigenvalue weighted by Gasteiger charge is -2.32. The van der Waals surface area contributed by atoms with Crippen molar-refractivity contribution in [2.24, 2.45) is 0 Å². The van der Waals surface area contributed by atoms with E-state index in [2.05, 4.69) is 25.7 Å². The molecule has 0 aliphatic carbocycles. The Morgan fingerprint density at radius 1 is 1.27 bits per heavy atom. The first-order valence-corrected chi connectivity index (χ1v) is 9.55. The first-order valence-electron chi connectivity index (χ1n) is 9.55. The van der Waals surface area contributed by atoms with Gasteiger partial charge in [-0.1, -0.05) is 0 Å². The molecule has 1 aliphatic rings. The molecule has 4 heterocycles. The second kappa shape index (κ2) is 7.82. The molecule has 4 rings (SSSR count). The highest BCUT2D eigenvalue weighted by Gasteiger charge is 2.28. The van der Waals surface area contributed by atoms with Crippen LogP contribution in [0.3, 0.4) is 0 Å². The number of hydrogen-bond donors (Lipinski definition) is 3. The van der Waals surface area contributed by atoms with Gasteiger partial charge in [-0.2, -0.15) is 10.4 Å². The Labute approximate surface area is 171 Å². The molecule has 30 heavy (non-hydrogen) atoms. The van der Waals surface area contributed by atoms with Gasteiger partial charge in [0.05, 0.1) is 23.0 Å². The number of hydrogen-bond acceptors (Lipinski definition) is 6. The summed E-state index contributed by atoms with van der Waals surface area (Å²) in [6.45, 7) is 1.04. The number of fused-ring (bicyclic) bond motifs is 3. The molecule has 0 aromatic carbocycles. The van der Waals surface area contributed by atoms with E-state index in [4.69, 9.17) is 5.26 Å². The molecule has 3 aromatic heterocycles. The average Bonchev–Trinajstić information content (AvgIpc) is 3.38. The van der Waals surface area contributed by atoms with E-state index < -0.39 is 11.8 Å². The summed E-state index contributed by atoms with van der Waals surface area (Å²) in [6, 6.07) is 3.77. The Kier molecular flexibility index (Phi) is 5.05. The smallest absolute Gasteiger partial charge is 0.314 e. The predicted molar refractivity (Wildman–Crippen MR) is 107 cm³/mol. The molecule has 1 fully saturated rings. The quantitative estimate of drug-likeness (QED) is 0.543. The topological polar surface area (TPSA) is 149 Å². The third-order valence-corrected chi connectivity index (χ3v) is 5.31. The van der Waals surface area contributed by atoms with Crippen molar-refractivity contribution in [3.63, 3.8) is 0 Å². The van der Waals surface area contributed by atoms with Gasteiger partial charge in [-0.3, -0.25) is 19.1 Å². The number of piperidine rings is 1. The fourth-order valence-electron chi connectivity index (χ4n) is 3.80. The van der Waals surface area contributed by atoms with E-state index in [1.165, 1.54) is 7.05 Å². The third kappa shape index (κ3) is 3.32. The molecule has 0 spiro atoms. The van der Waals surface area contributed by atoms with Crippen LogP contribution in [0.2, 0.25) is 0 Å². The Bertz CT molecular complexity index is 1180. The molecule has 3 amide bonds. The van der Waals surface area contributed by atoms with Crippen LogP contribution in [0.4, 0.5) is 5.82 Å². The minimum atomic E-state index is -0.810. The van der Waals surface area contributed by atoms with Gasteiger partial charge in [-0.05, 0) is 18.9 Å². The van der Waals surface area contributed by atoms with E-state index in [0.717, 1.165) is 10.9 Å². The molecule has 3 aromatic rings. The van der Waals surface area contributed by atoms with Crippen LogP contribution in [0.5, 0.6) is 0 Å². The number of carbonyl (C=O) groups excluding carboxylic acids is 3. The molecule has 1 saturated heterocycles. The van der Waals surface area contributed by atoms with E-state index in [9.17, 15) is 14.4 Å². The maximum atomic E-state index is 12.1. The summed E-state index contributed by atoms with van der Waals surface area (Å²) in [5.41, 5.74) is 1.49. The summed E-state index contributed by atoms with van der Waals surface area (Å²) in [4.78, 5) is 44.9. The Morgan fingerprint density at radius 2 is 2.03 bits per heavy atom. The molecule has 0 saturated carbocycles. The summed E-state index contributed by atoms with van der Waals surface area (Å²) in [7, 11) is 1.38. The molecule has 0 bridgehead atoms. The number of nitrogens with one attached hydrogen (secondary N) is 3. The SMILES string of the molecule is CNC(=O)C(=O)Nc1nn(C2CCN(C(=O)CC#N)CC2)c2c1cnc1[nH]ccc12. The lowest BCUT2D eigenvalue weighted by Crippen LogP contribution is -2.39. The van der Waals surface area contributed by atoms with Crippen LogP contribution < -0.4 is 10.6 Å². The molecule has 0 atom stereocenters.